The Hall–Kier alpha value is -1.17. The van der Waals surface area contributed by atoms with Crippen molar-refractivity contribution in [3.05, 3.63) is 40.3 Å². The van der Waals surface area contributed by atoms with E-state index < -0.39 is 0 Å². The fraction of sp³-hybridized carbons (Fsp3) is 0.231. The number of nitrogens with zero attached hydrogens (tertiary/aromatic N) is 1. The molecule has 0 aliphatic carbocycles. The van der Waals surface area contributed by atoms with Crippen molar-refractivity contribution in [2.45, 2.75) is 6.92 Å². The minimum atomic E-state index is -0.123. The predicted octanol–water partition coefficient (Wildman–Crippen LogP) is 2.19. The molecule has 0 saturated carbocycles. The number of thiocarbonyl (C=S) groups is 1. The highest BCUT2D eigenvalue weighted by atomic mass is 32.2. The molecule has 5 heteroatoms. The van der Waals surface area contributed by atoms with Gasteiger partial charge in [-0.3, -0.25) is 9.69 Å². The van der Waals surface area contributed by atoms with Gasteiger partial charge < -0.3 is 5.11 Å². The Morgan fingerprint density at radius 3 is 2.83 bits per heavy atom. The first kappa shape index (κ1) is 13.3. The van der Waals surface area contributed by atoms with Gasteiger partial charge in [0.1, 0.15) is 4.32 Å². The summed E-state index contributed by atoms with van der Waals surface area (Å²) >= 11 is 6.41. The van der Waals surface area contributed by atoms with E-state index in [0.717, 1.165) is 11.1 Å². The third-order valence-electron chi connectivity index (χ3n) is 2.67. The molecule has 0 unspecified atom stereocenters. The number of aliphatic hydroxyl groups excluding tert-OH is 1. The van der Waals surface area contributed by atoms with Gasteiger partial charge in [-0.25, -0.2) is 0 Å². The lowest BCUT2D eigenvalue weighted by molar-refractivity contribution is -0.122. The fourth-order valence-corrected chi connectivity index (χ4v) is 2.98. The van der Waals surface area contributed by atoms with Crippen LogP contribution >= 0.6 is 24.0 Å². The van der Waals surface area contributed by atoms with Gasteiger partial charge in [0.15, 0.2) is 0 Å². The van der Waals surface area contributed by atoms with Crippen LogP contribution in [0, 0.1) is 6.92 Å². The molecule has 18 heavy (non-hydrogen) atoms. The number of carbonyl (C=O) groups excluding carboxylic acids is 1. The number of β-amino-alcohol motifs (C(OH)–C–C–N with tert-alkyl or cyclic N) is 1. The molecular formula is C13H13NO2S2. The number of carbonyl (C=O) groups is 1. The molecule has 2 rings (SSSR count). The smallest absolute Gasteiger partial charge is 0.266 e. The summed E-state index contributed by atoms with van der Waals surface area (Å²) in [6.07, 6.45) is 1.85. The lowest BCUT2D eigenvalue weighted by Gasteiger charge is -2.11. The summed E-state index contributed by atoms with van der Waals surface area (Å²) in [6.45, 7) is 2.18. The average molecular weight is 279 g/mol. The molecule has 1 aliphatic heterocycles. The number of rotatable bonds is 3. The van der Waals surface area contributed by atoms with Gasteiger partial charge in [-0.1, -0.05) is 48.2 Å². The Kier molecular flexibility index (Phi) is 4.16. The molecule has 94 valence electrons. The Morgan fingerprint density at radius 1 is 1.44 bits per heavy atom. The first-order valence-electron chi connectivity index (χ1n) is 5.55. The molecule has 0 radical (unpaired) electrons. The van der Waals surface area contributed by atoms with Crippen LogP contribution in [0.3, 0.4) is 0 Å². The quantitative estimate of drug-likeness (QED) is 0.680. The van der Waals surface area contributed by atoms with Crippen LogP contribution in [0.5, 0.6) is 0 Å². The summed E-state index contributed by atoms with van der Waals surface area (Å²) in [4.78, 5) is 14.1. The van der Waals surface area contributed by atoms with E-state index >= 15 is 0 Å². The van der Waals surface area contributed by atoms with Crippen molar-refractivity contribution >= 4 is 40.3 Å². The molecule has 1 saturated heterocycles. The Balaban J connectivity index is 2.28. The van der Waals surface area contributed by atoms with Gasteiger partial charge in [-0.2, -0.15) is 0 Å². The summed E-state index contributed by atoms with van der Waals surface area (Å²) < 4.78 is 0.508. The molecular weight excluding hydrogens is 266 g/mol. The van der Waals surface area contributed by atoms with E-state index in [2.05, 4.69) is 0 Å². The number of aryl methyl sites for hydroxylation is 1. The summed E-state index contributed by atoms with van der Waals surface area (Å²) in [5.41, 5.74) is 2.13. The van der Waals surface area contributed by atoms with Crippen molar-refractivity contribution in [3.63, 3.8) is 0 Å². The van der Waals surface area contributed by atoms with Crippen molar-refractivity contribution in [1.29, 1.82) is 0 Å². The van der Waals surface area contributed by atoms with Crippen LogP contribution in [0.1, 0.15) is 11.1 Å². The van der Waals surface area contributed by atoms with Gasteiger partial charge >= 0.3 is 0 Å². The van der Waals surface area contributed by atoms with Gasteiger partial charge in [-0.05, 0) is 24.1 Å². The fourth-order valence-electron chi connectivity index (χ4n) is 1.68. The summed E-state index contributed by atoms with van der Waals surface area (Å²) in [5.74, 6) is -0.123. The number of amides is 1. The SMILES string of the molecule is Cc1ccccc1/C=C1\SC(=S)N(CCO)C1=O. The standard InChI is InChI=1S/C13H13NO2S2/c1-9-4-2-3-5-10(9)8-11-12(16)14(6-7-15)13(17)18-11/h2-5,8,15H,6-7H2,1H3/b11-8-. The average Bonchev–Trinajstić information content (AvgIpc) is 2.60. The number of thioether (sulfide) groups is 1. The highest BCUT2D eigenvalue weighted by Crippen LogP contribution is 2.32. The van der Waals surface area contributed by atoms with Gasteiger partial charge in [0.2, 0.25) is 0 Å². The molecule has 0 atom stereocenters. The van der Waals surface area contributed by atoms with E-state index in [9.17, 15) is 4.79 Å². The number of benzene rings is 1. The lowest BCUT2D eigenvalue weighted by atomic mass is 10.1. The Labute approximate surface area is 115 Å². The number of hydrogen-bond donors (Lipinski definition) is 1. The predicted molar refractivity (Wildman–Crippen MR) is 78.1 cm³/mol. The highest BCUT2D eigenvalue weighted by Gasteiger charge is 2.31. The van der Waals surface area contributed by atoms with Crippen molar-refractivity contribution in [2.24, 2.45) is 0 Å². The molecule has 1 amide bonds. The van der Waals surface area contributed by atoms with Crippen molar-refractivity contribution in [1.82, 2.24) is 4.90 Å². The van der Waals surface area contributed by atoms with Gasteiger partial charge in [0.05, 0.1) is 18.1 Å². The van der Waals surface area contributed by atoms with Gasteiger partial charge in [-0.15, -0.1) is 0 Å². The van der Waals surface area contributed by atoms with E-state index in [4.69, 9.17) is 17.3 Å². The van der Waals surface area contributed by atoms with Crippen LogP contribution < -0.4 is 0 Å². The van der Waals surface area contributed by atoms with E-state index in [1.807, 2.05) is 37.3 Å². The molecule has 1 aromatic rings. The molecule has 0 bridgehead atoms. The van der Waals surface area contributed by atoms with Crippen molar-refractivity contribution < 1.29 is 9.90 Å². The maximum atomic E-state index is 12.1. The minimum absolute atomic E-state index is 0.0793. The second kappa shape index (κ2) is 5.65. The largest absolute Gasteiger partial charge is 0.395 e. The van der Waals surface area contributed by atoms with Crippen LogP contribution in [0.15, 0.2) is 29.2 Å². The van der Waals surface area contributed by atoms with E-state index in [1.165, 1.54) is 16.7 Å². The summed E-state index contributed by atoms with van der Waals surface area (Å²) in [5, 5.41) is 8.90. The lowest BCUT2D eigenvalue weighted by Crippen LogP contribution is -2.30. The zero-order valence-corrected chi connectivity index (χ0v) is 11.6. The monoisotopic (exact) mass is 279 g/mol. The Bertz CT molecular complexity index is 525. The molecule has 1 aliphatic rings. The Morgan fingerprint density at radius 2 is 2.17 bits per heavy atom. The molecule has 1 heterocycles. The number of aliphatic hydroxyl groups is 1. The topological polar surface area (TPSA) is 40.5 Å². The van der Waals surface area contributed by atoms with E-state index in [-0.39, 0.29) is 19.1 Å². The third-order valence-corrected chi connectivity index (χ3v) is 4.05. The minimum Gasteiger partial charge on any atom is -0.395 e. The molecule has 0 spiro atoms. The van der Waals surface area contributed by atoms with Crippen LogP contribution in [0.4, 0.5) is 0 Å². The van der Waals surface area contributed by atoms with Crippen molar-refractivity contribution in [2.75, 3.05) is 13.2 Å². The zero-order chi connectivity index (χ0) is 13.1. The van der Waals surface area contributed by atoms with E-state index in [1.54, 1.807) is 0 Å². The van der Waals surface area contributed by atoms with Crippen LogP contribution in [0.25, 0.3) is 6.08 Å². The van der Waals surface area contributed by atoms with Crippen LogP contribution in [0.2, 0.25) is 0 Å². The third kappa shape index (κ3) is 2.63. The molecule has 1 aromatic carbocycles. The maximum Gasteiger partial charge on any atom is 0.266 e. The molecule has 0 aromatic heterocycles. The first-order valence-corrected chi connectivity index (χ1v) is 6.78. The van der Waals surface area contributed by atoms with Gasteiger partial charge in [0.25, 0.3) is 5.91 Å². The van der Waals surface area contributed by atoms with Gasteiger partial charge in [0, 0.05) is 0 Å². The molecule has 1 N–H and O–H groups in total. The zero-order valence-electron chi connectivity index (χ0n) is 9.92. The second-order valence-electron chi connectivity index (χ2n) is 3.91. The first-order chi connectivity index (χ1) is 8.63. The van der Waals surface area contributed by atoms with Crippen molar-refractivity contribution in [3.8, 4) is 0 Å². The maximum absolute atomic E-state index is 12.1. The normalized spacial score (nSPS) is 17.9. The van der Waals surface area contributed by atoms with Crippen LogP contribution in [-0.2, 0) is 4.79 Å². The van der Waals surface area contributed by atoms with E-state index in [0.29, 0.717) is 9.23 Å². The molecule has 3 nitrogen and oxygen atoms in total. The number of hydrogen-bond acceptors (Lipinski definition) is 4. The molecule has 1 fully saturated rings. The van der Waals surface area contributed by atoms with Crippen LogP contribution in [-0.4, -0.2) is 33.4 Å². The summed E-state index contributed by atoms with van der Waals surface area (Å²) in [6, 6.07) is 7.87. The summed E-state index contributed by atoms with van der Waals surface area (Å²) in [7, 11) is 0. The highest BCUT2D eigenvalue weighted by molar-refractivity contribution is 8.26. The second-order valence-corrected chi connectivity index (χ2v) is 5.59.